The van der Waals surface area contributed by atoms with Gasteiger partial charge in [0.05, 0.1) is 12.3 Å². The third-order valence-corrected chi connectivity index (χ3v) is 3.46. The molecule has 122 valence electrons. The number of oxazole rings is 1. The fraction of sp³-hybridized carbons (Fsp3) is 0.375. The van der Waals surface area contributed by atoms with E-state index in [9.17, 15) is 4.79 Å². The largest absolute Gasteiger partial charge is 0.454 e. The molecular weight excluding hydrogens is 300 g/mol. The number of methoxy groups -OCH3 is 1. The molecule has 0 bridgehead atoms. The molecule has 0 radical (unpaired) electrons. The summed E-state index contributed by atoms with van der Waals surface area (Å²) in [6.45, 7) is 3.26. The summed E-state index contributed by atoms with van der Waals surface area (Å²) < 4.78 is 21.0. The van der Waals surface area contributed by atoms with E-state index in [1.807, 2.05) is 18.2 Å². The van der Waals surface area contributed by atoms with Crippen LogP contribution in [0.25, 0.3) is 0 Å². The summed E-state index contributed by atoms with van der Waals surface area (Å²) in [6.07, 6.45) is 1.46. The average Bonchev–Trinajstić information content (AvgIpc) is 3.18. The van der Waals surface area contributed by atoms with Gasteiger partial charge in [-0.15, -0.1) is 0 Å². The van der Waals surface area contributed by atoms with Crippen LogP contribution in [0.4, 0.5) is 0 Å². The number of amides is 1. The standard InChI is InChI=1S/C16H18N2O5/c1-11-9-21-15(17-11)16(19)18(5-6-20-2)8-12-3-4-13-14(7-12)23-10-22-13/h3-4,7,9H,5-6,8,10H2,1-2H3. The second-order valence-corrected chi connectivity index (χ2v) is 5.20. The van der Waals surface area contributed by atoms with Crippen molar-refractivity contribution in [3.8, 4) is 11.5 Å². The van der Waals surface area contributed by atoms with E-state index in [0.717, 1.165) is 5.56 Å². The number of aromatic nitrogens is 1. The van der Waals surface area contributed by atoms with E-state index in [2.05, 4.69) is 4.98 Å². The molecule has 0 atom stereocenters. The molecule has 7 nitrogen and oxygen atoms in total. The number of hydrogen-bond acceptors (Lipinski definition) is 6. The highest BCUT2D eigenvalue weighted by Crippen LogP contribution is 2.32. The van der Waals surface area contributed by atoms with Gasteiger partial charge in [-0.1, -0.05) is 6.07 Å². The predicted molar refractivity (Wildman–Crippen MR) is 80.4 cm³/mol. The van der Waals surface area contributed by atoms with Gasteiger partial charge in [0.1, 0.15) is 6.26 Å². The number of rotatable bonds is 6. The van der Waals surface area contributed by atoms with Crippen LogP contribution in [-0.4, -0.2) is 42.8 Å². The van der Waals surface area contributed by atoms with Crippen LogP contribution in [-0.2, 0) is 11.3 Å². The Kier molecular flexibility index (Phi) is 4.47. The lowest BCUT2D eigenvalue weighted by atomic mass is 10.2. The second kappa shape index (κ2) is 6.70. The number of aryl methyl sites for hydroxylation is 1. The smallest absolute Gasteiger partial charge is 0.310 e. The molecular formula is C16H18N2O5. The first-order chi connectivity index (χ1) is 11.2. The number of carbonyl (C=O) groups excluding carboxylic acids is 1. The Hall–Kier alpha value is -2.54. The average molecular weight is 318 g/mol. The van der Waals surface area contributed by atoms with E-state index in [-0.39, 0.29) is 18.6 Å². The van der Waals surface area contributed by atoms with Crippen LogP contribution in [0.5, 0.6) is 11.5 Å². The Morgan fingerprint density at radius 1 is 1.35 bits per heavy atom. The zero-order valence-corrected chi connectivity index (χ0v) is 13.1. The van der Waals surface area contributed by atoms with Gasteiger partial charge in [-0.2, -0.15) is 0 Å². The lowest BCUT2D eigenvalue weighted by Crippen LogP contribution is -2.33. The van der Waals surface area contributed by atoms with E-state index >= 15 is 0 Å². The number of benzene rings is 1. The minimum atomic E-state index is -0.271. The zero-order chi connectivity index (χ0) is 16.2. The highest BCUT2D eigenvalue weighted by molar-refractivity contribution is 5.89. The monoisotopic (exact) mass is 318 g/mol. The number of hydrogen-bond donors (Lipinski definition) is 0. The number of nitrogens with zero attached hydrogens (tertiary/aromatic N) is 2. The van der Waals surface area contributed by atoms with Crippen molar-refractivity contribution in [1.29, 1.82) is 0 Å². The van der Waals surface area contributed by atoms with Crippen molar-refractivity contribution in [2.45, 2.75) is 13.5 Å². The molecule has 0 N–H and O–H groups in total. The molecule has 1 aliphatic heterocycles. The molecule has 0 saturated heterocycles. The zero-order valence-electron chi connectivity index (χ0n) is 13.1. The van der Waals surface area contributed by atoms with Crippen molar-refractivity contribution in [2.75, 3.05) is 27.1 Å². The molecule has 2 heterocycles. The van der Waals surface area contributed by atoms with Gasteiger partial charge >= 0.3 is 5.91 Å². The van der Waals surface area contributed by atoms with E-state index in [4.69, 9.17) is 18.6 Å². The first-order valence-electron chi connectivity index (χ1n) is 7.26. The molecule has 0 saturated carbocycles. The summed E-state index contributed by atoms with van der Waals surface area (Å²) in [7, 11) is 1.60. The van der Waals surface area contributed by atoms with Crippen LogP contribution in [0.2, 0.25) is 0 Å². The first kappa shape index (κ1) is 15.4. The predicted octanol–water partition coefficient (Wildman–Crippen LogP) is 2.00. The summed E-state index contributed by atoms with van der Waals surface area (Å²) >= 11 is 0. The summed E-state index contributed by atoms with van der Waals surface area (Å²) in [4.78, 5) is 18.3. The summed E-state index contributed by atoms with van der Waals surface area (Å²) in [5.41, 5.74) is 1.60. The van der Waals surface area contributed by atoms with Gasteiger partial charge < -0.3 is 23.5 Å². The van der Waals surface area contributed by atoms with E-state index in [1.54, 1.807) is 18.9 Å². The molecule has 2 aromatic rings. The topological polar surface area (TPSA) is 74.0 Å². The number of ether oxygens (including phenoxy) is 3. The summed E-state index contributed by atoms with van der Waals surface area (Å²) in [5.74, 6) is 1.22. The second-order valence-electron chi connectivity index (χ2n) is 5.20. The lowest BCUT2D eigenvalue weighted by molar-refractivity contribution is 0.0641. The molecule has 0 fully saturated rings. The minimum absolute atomic E-state index is 0.0827. The third kappa shape index (κ3) is 3.45. The molecule has 23 heavy (non-hydrogen) atoms. The van der Waals surface area contributed by atoms with Crippen LogP contribution < -0.4 is 9.47 Å². The molecule has 1 aromatic carbocycles. The maximum absolute atomic E-state index is 12.6. The van der Waals surface area contributed by atoms with Gasteiger partial charge in [-0.05, 0) is 24.6 Å². The quantitative estimate of drug-likeness (QED) is 0.811. The highest BCUT2D eigenvalue weighted by atomic mass is 16.7. The Balaban J connectivity index is 1.77. The van der Waals surface area contributed by atoms with Gasteiger partial charge in [0.25, 0.3) is 5.89 Å². The Morgan fingerprint density at radius 2 is 2.17 bits per heavy atom. The van der Waals surface area contributed by atoms with Crippen LogP contribution >= 0.6 is 0 Å². The molecule has 1 aliphatic rings. The molecule has 3 rings (SSSR count). The van der Waals surface area contributed by atoms with Crippen molar-refractivity contribution in [3.63, 3.8) is 0 Å². The maximum Gasteiger partial charge on any atom is 0.310 e. The van der Waals surface area contributed by atoms with Crippen LogP contribution in [0, 0.1) is 6.92 Å². The van der Waals surface area contributed by atoms with Crippen molar-refractivity contribution in [3.05, 3.63) is 41.6 Å². The lowest BCUT2D eigenvalue weighted by Gasteiger charge is -2.21. The van der Waals surface area contributed by atoms with Gasteiger partial charge in [0, 0.05) is 20.2 Å². The Labute approximate surface area is 133 Å². The third-order valence-electron chi connectivity index (χ3n) is 3.46. The highest BCUT2D eigenvalue weighted by Gasteiger charge is 2.22. The van der Waals surface area contributed by atoms with Crippen molar-refractivity contribution in [2.24, 2.45) is 0 Å². The molecule has 0 spiro atoms. The van der Waals surface area contributed by atoms with Gasteiger partial charge in [-0.3, -0.25) is 4.79 Å². The van der Waals surface area contributed by atoms with E-state index in [0.29, 0.717) is 36.9 Å². The van der Waals surface area contributed by atoms with Crippen LogP contribution in [0.15, 0.2) is 28.9 Å². The Bertz CT molecular complexity index is 698. The fourth-order valence-corrected chi connectivity index (χ4v) is 2.30. The van der Waals surface area contributed by atoms with Crippen LogP contribution in [0.1, 0.15) is 21.9 Å². The molecule has 1 aromatic heterocycles. The van der Waals surface area contributed by atoms with Gasteiger partial charge in [0.15, 0.2) is 11.5 Å². The SMILES string of the molecule is COCCN(Cc1ccc2c(c1)OCO2)C(=O)c1nc(C)co1. The minimum Gasteiger partial charge on any atom is -0.454 e. The van der Waals surface area contributed by atoms with E-state index < -0.39 is 0 Å². The Morgan fingerprint density at radius 3 is 2.91 bits per heavy atom. The summed E-state index contributed by atoms with van der Waals surface area (Å²) in [5, 5.41) is 0. The first-order valence-corrected chi connectivity index (χ1v) is 7.26. The number of carbonyl (C=O) groups is 1. The molecule has 0 unspecified atom stereocenters. The van der Waals surface area contributed by atoms with Gasteiger partial charge in [-0.25, -0.2) is 4.98 Å². The van der Waals surface area contributed by atoms with Crippen molar-refractivity contribution in [1.82, 2.24) is 9.88 Å². The fourth-order valence-electron chi connectivity index (χ4n) is 2.30. The molecule has 7 heteroatoms. The molecule has 0 aliphatic carbocycles. The maximum atomic E-state index is 12.6. The van der Waals surface area contributed by atoms with Crippen LogP contribution in [0.3, 0.4) is 0 Å². The van der Waals surface area contributed by atoms with E-state index in [1.165, 1.54) is 6.26 Å². The normalized spacial score (nSPS) is 12.4. The number of fused-ring (bicyclic) bond motifs is 1. The summed E-state index contributed by atoms with van der Waals surface area (Å²) in [6, 6.07) is 5.61. The van der Waals surface area contributed by atoms with Gasteiger partial charge in [0.2, 0.25) is 6.79 Å². The van der Waals surface area contributed by atoms with Crippen molar-refractivity contribution >= 4 is 5.91 Å². The molecule has 1 amide bonds. The van der Waals surface area contributed by atoms with Crippen molar-refractivity contribution < 1.29 is 23.4 Å².